The van der Waals surface area contributed by atoms with Gasteiger partial charge in [-0.05, 0) is 51.7 Å². The van der Waals surface area contributed by atoms with Gasteiger partial charge in [-0.25, -0.2) is 9.97 Å². The van der Waals surface area contributed by atoms with Crippen LogP contribution in [0.25, 0.3) is 21.6 Å². The quantitative estimate of drug-likeness (QED) is 0.613. The van der Waals surface area contributed by atoms with Gasteiger partial charge in [-0.2, -0.15) is 0 Å². The Morgan fingerprint density at radius 3 is 2.78 bits per heavy atom. The van der Waals surface area contributed by atoms with Crippen LogP contribution in [0.1, 0.15) is 17.7 Å². The van der Waals surface area contributed by atoms with Gasteiger partial charge in [0.15, 0.2) is 11.6 Å². The third-order valence-electron chi connectivity index (χ3n) is 6.25. The molecule has 32 heavy (non-hydrogen) atoms. The smallest absolute Gasteiger partial charge is 0.162 e. The predicted molar refractivity (Wildman–Crippen MR) is 130 cm³/mol. The van der Waals surface area contributed by atoms with E-state index in [9.17, 15) is 5.11 Å². The van der Waals surface area contributed by atoms with Gasteiger partial charge in [0.25, 0.3) is 0 Å². The number of phenolic OH excluding ortho intramolecular Hbond substituents is 1. The molecule has 0 saturated carbocycles. The number of anilines is 1. The maximum absolute atomic E-state index is 9.97. The number of likely N-dealkylation sites (tertiary alicyclic amines) is 1. The summed E-state index contributed by atoms with van der Waals surface area (Å²) in [6, 6.07) is 10.0. The molecule has 0 amide bonds. The Balaban J connectivity index is 1.51. The lowest BCUT2D eigenvalue weighted by molar-refractivity contribution is 0.122. The molecular weight excluding hydrogens is 422 g/mol. The zero-order valence-corrected chi connectivity index (χ0v) is 19.6. The van der Waals surface area contributed by atoms with Crippen LogP contribution >= 0.6 is 11.3 Å². The molecular formula is C24H31N5O2S. The van der Waals surface area contributed by atoms with Gasteiger partial charge in [0, 0.05) is 42.7 Å². The van der Waals surface area contributed by atoms with E-state index in [1.807, 2.05) is 23.5 Å². The minimum Gasteiger partial charge on any atom is -0.508 e. The van der Waals surface area contributed by atoms with Gasteiger partial charge in [0.1, 0.15) is 5.75 Å². The number of ether oxygens (including phenoxy) is 1. The van der Waals surface area contributed by atoms with E-state index in [2.05, 4.69) is 34.9 Å². The summed E-state index contributed by atoms with van der Waals surface area (Å²) in [5.41, 5.74) is 1.82. The first kappa shape index (κ1) is 21.6. The van der Waals surface area contributed by atoms with Crippen LogP contribution in [0.2, 0.25) is 0 Å². The lowest BCUT2D eigenvalue weighted by atomic mass is 10.2. The molecule has 170 valence electrons. The Morgan fingerprint density at radius 1 is 1.16 bits per heavy atom. The molecule has 2 saturated heterocycles. The van der Waals surface area contributed by atoms with Crippen LogP contribution in [0.5, 0.6) is 5.75 Å². The van der Waals surface area contributed by atoms with Crippen LogP contribution < -0.4 is 4.90 Å². The fourth-order valence-corrected chi connectivity index (χ4v) is 5.88. The number of hydrogen-bond acceptors (Lipinski definition) is 8. The largest absolute Gasteiger partial charge is 0.508 e. The Labute approximate surface area is 193 Å². The molecule has 2 aliphatic rings. The summed E-state index contributed by atoms with van der Waals surface area (Å²) in [6.45, 7) is 6.31. The number of rotatable bonds is 6. The zero-order valence-electron chi connectivity index (χ0n) is 18.8. The molecule has 0 spiro atoms. The van der Waals surface area contributed by atoms with Gasteiger partial charge >= 0.3 is 0 Å². The average Bonchev–Trinajstić information content (AvgIpc) is 3.39. The van der Waals surface area contributed by atoms with E-state index < -0.39 is 0 Å². The highest BCUT2D eigenvalue weighted by Crippen LogP contribution is 2.36. The van der Waals surface area contributed by atoms with E-state index in [1.165, 1.54) is 17.7 Å². The molecule has 7 nitrogen and oxygen atoms in total. The highest BCUT2D eigenvalue weighted by atomic mass is 32.1. The molecule has 1 unspecified atom stereocenters. The van der Waals surface area contributed by atoms with Crippen molar-refractivity contribution < 1.29 is 9.84 Å². The lowest BCUT2D eigenvalue weighted by Crippen LogP contribution is -2.37. The number of aromatic hydroxyl groups is 1. The summed E-state index contributed by atoms with van der Waals surface area (Å²) < 4.78 is 6.72. The van der Waals surface area contributed by atoms with Gasteiger partial charge in [-0.3, -0.25) is 4.90 Å². The van der Waals surface area contributed by atoms with Crippen molar-refractivity contribution in [1.82, 2.24) is 19.8 Å². The second-order valence-corrected chi connectivity index (χ2v) is 10.1. The van der Waals surface area contributed by atoms with Crippen LogP contribution in [0, 0.1) is 0 Å². The van der Waals surface area contributed by atoms with Gasteiger partial charge in [-0.1, -0.05) is 12.1 Å². The van der Waals surface area contributed by atoms with Gasteiger partial charge in [0.2, 0.25) is 0 Å². The first-order valence-electron chi connectivity index (χ1n) is 11.4. The number of aromatic nitrogens is 2. The highest BCUT2D eigenvalue weighted by Gasteiger charge is 2.26. The highest BCUT2D eigenvalue weighted by molar-refractivity contribution is 7.19. The lowest BCUT2D eigenvalue weighted by Gasteiger charge is -2.28. The van der Waals surface area contributed by atoms with Crippen molar-refractivity contribution in [3.63, 3.8) is 0 Å². The Bertz CT molecular complexity index is 1080. The molecule has 1 atom stereocenters. The third-order valence-corrected chi connectivity index (χ3v) is 7.36. The maximum Gasteiger partial charge on any atom is 0.162 e. The number of morpholine rings is 1. The summed E-state index contributed by atoms with van der Waals surface area (Å²) in [4.78, 5) is 18.4. The number of benzene rings is 1. The Hall–Kier alpha value is -2.26. The van der Waals surface area contributed by atoms with Crippen LogP contribution in [0.15, 0.2) is 30.3 Å². The molecule has 8 heteroatoms. The maximum atomic E-state index is 9.97. The fraction of sp³-hybridized carbons (Fsp3) is 0.500. The molecule has 2 aromatic heterocycles. The number of thiophene rings is 1. The van der Waals surface area contributed by atoms with Crippen LogP contribution in [-0.2, 0) is 11.3 Å². The van der Waals surface area contributed by atoms with E-state index in [-0.39, 0.29) is 5.75 Å². The summed E-state index contributed by atoms with van der Waals surface area (Å²) in [5.74, 6) is 1.87. The number of nitrogens with zero attached hydrogens (tertiary/aromatic N) is 5. The van der Waals surface area contributed by atoms with Crippen molar-refractivity contribution in [2.24, 2.45) is 0 Å². The van der Waals surface area contributed by atoms with Crippen molar-refractivity contribution in [3.8, 4) is 17.1 Å². The SMILES string of the molecule is CN(C)CC1CCCN1Cc1cc2nc(-c3cccc(O)c3)nc(N3CCOCC3)c2s1. The predicted octanol–water partition coefficient (Wildman–Crippen LogP) is 3.43. The van der Waals surface area contributed by atoms with Crippen molar-refractivity contribution in [2.45, 2.75) is 25.4 Å². The van der Waals surface area contributed by atoms with Crippen molar-refractivity contribution in [2.75, 3.05) is 58.4 Å². The fourth-order valence-electron chi connectivity index (χ4n) is 4.74. The number of phenols is 1. The van der Waals surface area contributed by atoms with Crippen LogP contribution in [0.4, 0.5) is 5.82 Å². The first-order valence-corrected chi connectivity index (χ1v) is 12.2. The molecule has 1 N–H and O–H groups in total. The van der Waals surface area contributed by atoms with Gasteiger partial charge in [0.05, 0.1) is 23.4 Å². The number of hydrogen-bond donors (Lipinski definition) is 1. The standard InChI is InChI=1S/C24H31N5O2S/c1-27(2)15-18-6-4-8-29(18)16-20-14-21-22(32-20)24(28-9-11-31-12-10-28)26-23(25-21)17-5-3-7-19(30)13-17/h3,5,7,13-14,18,30H,4,6,8-12,15-16H2,1-2H3. The minimum atomic E-state index is 0.228. The number of likely N-dealkylation sites (N-methyl/N-ethyl adjacent to an activating group) is 1. The molecule has 3 aromatic rings. The Kier molecular flexibility index (Phi) is 6.28. The summed E-state index contributed by atoms with van der Waals surface area (Å²) in [7, 11) is 4.31. The molecule has 2 aliphatic heterocycles. The molecule has 1 aromatic carbocycles. The molecule has 0 radical (unpaired) electrons. The summed E-state index contributed by atoms with van der Waals surface area (Å²) in [5, 5.41) is 9.97. The monoisotopic (exact) mass is 453 g/mol. The van der Waals surface area contributed by atoms with Gasteiger partial charge in [-0.15, -0.1) is 11.3 Å². The molecule has 0 bridgehead atoms. The Morgan fingerprint density at radius 2 is 2.00 bits per heavy atom. The normalized spacial score (nSPS) is 20.0. The van der Waals surface area contributed by atoms with Crippen molar-refractivity contribution in [1.29, 1.82) is 0 Å². The minimum absolute atomic E-state index is 0.228. The second-order valence-electron chi connectivity index (χ2n) is 8.98. The van der Waals surface area contributed by atoms with E-state index in [4.69, 9.17) is 14.7 Å². The van der Waals surface area contributed by atoms with Crippen LogP contribution in [0.3, 0.4) is 0 Å². The van der Waals surface area contributed by atoms with Crippen LogP contribution in [-0.4, -0.2) is 84.4 Å². The van der Waals surface area contributed by atoms with E-state index in [0.29, 0.717) is 25.1 Å². The van der Waals surface area contributed by atoms with E-state index >= 15 is 0 Å². The van der Waals surface area contributed by atoms with Crippen molar-refractivity contribution in [3.05, 3.63) is 35.2 Å². The topological polar surface area (TPSA) is 65.0 Å². The first-order chi connectivity index (χ1) is 15.6. The van der Waals surface area contributed by atoms with Gasteiger partial charge < -0.3 is 19.6 Å². The second kappa shape index (κ2) is 9.31. The summed E-state index contributed by atoms with van der Waals surface area (Å²) >= 11 is 1.82. The molecule has 5 rings (SSSR count). The zero-order chi connectivity index (χ0) is 22.1. The molecule has 4 heterocycles. The average molecular weight is 454 g/mol. The molecule has 2 fully saturated rings. The summed E-state index contributed by atoms with van der Waals surface area (Å²) in [6.07, 6.45) is 2.54. The number of fused-ring (bicyclic) bond motifs is 1. The van der Waals surface area contributed by atoms with E-state index in [1.54, 1.807) is 12.1 Å². The molecule has 0 aliphatic carbocycles. The van der Waals surface area contributed by atoms with E-state index in [0.717, 1.165) is 54.3 Å². The third kappa shape index (κ3) is 4.59. The van der Waals surface area contributed by atoms with Crippen molar-refractivity contribution >= 4 is 27.4 Å².